The molecule has 0 spiro atoms. The minimum absolute atomic E-state index is 0.0820. The van der Waals surface area contributed by atoms with E-state index in [0.29, 0.717) is 30.4 Å². The minimum atomic E-state index is -3.80. The number of ether oxygens (including phenoxy) is 1. The Hall–Kier alpha value is -3.57. The Labute approximate surface area is 191 Å². The van der Waals surface area contributed by atoms with Crippen molar-refractivity contribution in [3.8, 4) is 11.6 Å². The number of nitrogens with zero attached hydrogens (tertiary/aromatic N) is 4. The lowest BCUT2D eigenvalue weighted by molar-refractivity contribution is -0.384. The molecule has 3 aromatic rings. The Balaban J connectivity index is 1.59. The zero-order chi connectivity index (χ0) is 23.3. The number of benzene rings is 2. The Morgan fingerprint density at radius 1 is 1.03 bits per heavy atom. The van der Waals surface area contributed by atoms with E-state index in [2.05, 4.69) is 15.3 Å². The van der Waals surface area contributed by atoms with Gasteiger partial charge in [0.15, 0.2) is 0 Å². The van der Waals surface area contributed by atoms with E-state index in [0.717, 1.165) is 31.7 Å². The van der Waals surface area contributed by atoms with Gasteiger partial charge in [0.05, 0.1) is 16.0 Å². The average molecular weight is 470 g/mol. The highest BCUT2D eigenvalue weighted by atomic mass is 32.2. The third-order valence-electron chi connectivity index (χ3n) is 5.24. The van der Waals surface area contributed by atoms with E-state index in [-0.39, 0.29) is 16.3 Å². The standard InChI is InChI=1S/C22H23N5O5S/c28-27(29)21-15-19(33(30,31)26-12-3-1-2-4-13-26)8-9-20(21)25-17-6-5-7-18(14-17)32-22-16-23-10-11-24-22/h5-11,14-16,25H,1-4,12-13H2. The van der Waals surface area contributed by atoms with E-state index >= 15 is 0 Å². The van der Waals surface area contributed by atoms with Crippen molar-refractivity contribution >= 4 is 27.1 Å². The Bertz CT molecular complexity index is 1230. The van der Waals surface area contributed by atoms with Gasteiger partial charge in [0.25, 0.3) is 5.69 Å². The monoisotopic (exact) mass is 469 g/mol. The molecule has 1 saturated heterocycles. The van der Waals surface area contributed by atoms with E-state index in [4.69, 9.17) is 4.74 Å². The lowest BCUT2D eigenvalue weighted by atomic mass is 10.2. The smallest absolute Gasteiger partial charge is 0.294 e. The first-order chi connectivity index (χ1) is 15.9. The van der Waals surface area contributed by atoms with Crippen LogP contribution >= 0.6 is 0 Å². The molecule has 33 heavy (non-hydrogen) atoms. The number of nitro groups is 1. The van der Waals surface area contributed by atoms with Crippen molar-refractivity contribution in [3.05, 3.63) is 71.2 Å². The SMILES string of the molecule is O=[N+]([O-])c1cc(S(=O)(=O)N2CCCCCC2)ccc1Nc1cccc(Oc2cnccn2)c1. The highest BCUT2D eigenvalue weighted by Crippen LogP contribution is 2.33. The summed E-state index contributed by atoms with van der Waals surface area (Å²) in [7, 11) is -3.80. The molecular formula is C22H23N5O5S. The summed E-state index contributed by atoms with van der Waals surface area (Å²) in [6.07, 6.45) is 8.03. The average Bonchev–Trinajstić information content (AvgIpc) is 3.10. The molecule has 1 aliphatic rings. The highest BCUT2D eigenvalue weighted by molar-refractivity contribution is 7.89. The van der Waals surface area contributed by atoms with Gasteiger partial charge < -0.3 is 10.1 Å². The van der Waals surface area contributed by atoms with Crippen LogP contribution in [0.15, 0.2) is 66.0 Å². The van der Waals surface area contributed by atoms with Gasteiger partial charge in [0.2, 0.25) is 15.9 Å². The molecule has 0 amide bonds. The van der Waals surface area contributed by atoms with Crippen LogP contribution in [0.1, 0.15) is 25.7 Å². The third kappa shape index (κ3) is 5.44. The molecule has 2 heterocycles. The molecule has 2 aromatic carbocycles. The van der Waals surface area contributed by atoms with Gasteiger partial charge in [-0.05, 0) is 37.1 Å². The fraction of sp³-hybridized carbons (Fsp3) is 0.273. The van der Waals surface area contributed by atoms with E-state index in [1.54, 1.807) is 24.3 Å². The van der Waals surface area contributed by atoms with Crippen LogP contribution < -0.4 is 10.1 Å². The van der Waals surface area contributed by atoms with Gasteiger partial charge in [-0.2, -0.15) is 4.31 Å². The van der Waals surface area contributed by atoms with Crippen LogP contribution in [-0.2, 0) is 10.0 Å². The Morgan fingerprint density at radius 2 is 1.82 bits per heavy atom. The Kier molecular flexibility index (Phi) is 6.80. The van der Waals surface area contributed by atoms with Crippen LogP contribution in [-0.4, -0.2) is 40.7 Å². The molecule has 4 rings (SSSR count). The maximum absolute atomic E-state index is 13.1. The van der Waals surface area contributed by atoms with Gasteiger partial charge in [0.1, 0.15) is 11.4 Å². The number of nitrogens with one attached hydrogen (secondary N) is 1. The summed E-state index contributed by atoms with van der Waals surface area (Å²) in [5.74, 6) is 0.771. The minimum Gasteiger partial charge on any atom is -0.437 e. The number of hydrogen-bond acceptors (Lipinski definition) is 8. The number of anilines is 2. The molecule has 1 fully saturated rings. The normalized spacial score (nSPS) is 14.9. The Morgan fingerprint density at radius 3 is 2.52 bits per heavy atom. The molecule has 0 saturated carbocycles. The molecule has 0 radical (unpaired) electrons. The highest BCUT2D eigenvalue weighted by Gasteiger charge is 2.28. The largest absolute Gasteiger partial charge is 0.437 e. The van der Waals surface area contributed by atoms with E-state index in [1.165, 1.54) is 35.0 Å². The number of nitro benzene ring substituents is 1. The summed E-state index contributed by atoms with van der Waals surface area (Å²) < 4.78 is 33.2. The van der Waals surface area contributed by atoms with Gasteiger partial charge >= 0.3 is 0 Å². The summed E-state index contributed by atoms with van der Waals surface area (Å²) in [5.41, 5.74) is 0.375. The molecule has 0 atom stereocenters. The van der Waals surface area contributed by atoms with Crippen molar-refractivity contribution in [1.29, 1.82) is 0 Å². The molecule has 1 N–H and O–H groups in total. The van der Waals surface area contributed by atoms with E-state index < -0.39 is 14.9 Å². The zero-order valence-corrected chi connectivity index (χ0v) is 18.6. The molecule has 172 valence electrons. The number of hydrogen-bond donors (Lipinski definition) is 1. The lowest BCUT2D eigenvalue weighted by Crippen LogP contribution is -2.32. The van der Waals surface area contributed by atoms with Crippen molar-refractivity contribution in [1.82, 2.24) is 14.3 Å². The van der Waals surface area contributed by atoms with Crippen LogP contribution in [0.2, 0.25) is 0 Å². The van der Waals surface area contributed by atoms with Crippen molar-refractivity contribution in [2.45, 2.75) is 30.6 Å². The van der Waals surface area contributed by atoms with Gasteiger partial charge in [-0.15, -0.1) is 0 Å². The van der Waals surface area contributed by atoms with E-state index in [1.807, 2.05) is 0 Å². The summed E-state index contributed by atoms with van der Waals surface area (Å²) in [6.45, 7) is 0.851. The van der Waals surface area contributed by atoms with Crippen molar-refractivity contribution < 1.29 is 18.1 Å². The van der Waals surface area contributed by atoms with Crippen LogP contribution in [0.5, 0.6) is 11.6 Å². The van der Waals surface area contributed by atoms with Gasteiger partial charge in [-0.1, -0.05) is 18.9 Å². The van der Waals surface area contributed by atoms with Crippen LogP contribution in [0.25, 0.3) is 0 Å². The first-order valence-corrected chi connectivity index (χ1v) is 12.0. The van der Waals surface area contributed by atoms with Crippen molar-refractivity contribution in [3.63, 3.8) is 0 Å². The first-order valence-electron chi connectivity index (χ1n) is 10.5. The number of rotatable bonds is 7. The van der Waals surface area contributed by atoms with Crippen LogP contribution in [0.3, 0.4) is 0 Å². The second kappa shape index (κ2) is 9.92. The maximum Gasteiger partial charge on any atom is 0.294 e. The predicted octanol–water partition coefficient (Wildman–Crippen LogP) is 4.49. The first kappa shape index (κ1) is 22.6. The molecule has 11 heteroatoms. The van der Waals surface area contributed by atoms with Crippen molar-refractivity contribution in [2.24, 2.45) is 0 Å². The summed E-state index contributed by atoms with van der Waals surface area (Å²) >= 11 is 0. The number of sulfonamides is 1. The summed E-state index contributed by atoms with van der Waals surface area (Å²) in [4.78, 5) is 19.1. The molecule has 0 aliphatic carbocycles. The molecule has 0 bridgehead atoms. The van der Waals surface area contributed by atoms with Crippen molar-refractivity contribution in [2.75, 3.05) is 18.4 Å². The predicted molar refractivity (Wildman–Crippen MR) is 122 cm³/mol. The maximum atomic E-state index is 13.1. The zero-order valence-electron chi connectivity index (χ0n) is 17.8. The molecular weight excluding hydrogens is 446 g/mol. The van der Waals surface area contributed by atoms with Gasteiger partial charge in [-0.3, -0.25) is 15.1 Å². The lowest BCUT2D eigenvalue weighted by Gasteiger charge is -2.20. The fourth-order valence-corrected chi connectivity index (χ4v) is 5.15. The molecule has 10 nitrogen and oxygen atoms in total. The number of aromatic nitrogens is 2. The topological polar surface area (TPSA) is 128 Å². The van der Waals surface area contributed by atoms with Gasteiger partial charge in [-0.25, -0.2) is 13.4 Å². The summed E-state index contributed by atoms with van der Waals surface area (Å²) in [5, 5.41) is 14.7. The molecule has 1 aliphatic heterocycles. The second-order valence-electron chi connectivity index (χ2n) is 7.55. The molecule has 0 unspecified atom stereocenters. The quantitative estimate of drug-likeness (QED) is 0.396. The van der Waals surface area contributed by atoms with E-state index in [9.17, 15) is 18.5 Å². The second-order valence-corrected chi connectivity index (χ2v) is 9.49. The van der Waals surface area contributed by atoms with Gasteiger partial charge in [0, 0.05) is 43.3 Å². The van der Waals surface area contributed by atoms with Crippen LogP contribution in [0.4, 0.5) is 17.1 Å². The molecule has 1 aromatic heterocycles. The van der Waals surface area contributed by atoms with Crippen LogP contribution in [0, 0.1) is 10.1 Å². The third-order valence-corrected chi connectivity index (χ3v) is 7.14. The fourth-order valence-electron chi connectivity index (χ4n) is 3.61. The summed E-state index contributed by atoms with van der Waals surface area (Å²) in [6, 6.07) is 10.7.